The molecule has 3 nitrogen and oxygen atoms in total. The zero-order valence-electron chi connectivity index (χ0n) is 12.4. The molecule has 1 atom stereocenters. The van der Waals surface area contributed by atoms with Crippen LogP contribution in [0.5, 0.6) is 0 Å². The van der Waals surface area contributed by atoms with Crippen molar-refractivity contribution in [2.45, 2.75) is 52.1 Å². The molecule has 0 amide bonds. The van der Waals surface area contributed by atoms with Crippen molar-refractivity contribution in [2.75, 3.05) is 5.32 Å². The summed E-state index contributed by atoms with van der Waals surface area (Å²) in [6.07, 6.45) is 8.48. The highest BCUT2D eigenvalue weighted by atomic mass is 15.0. The Morgan fingerprint density at radius 2 is 2.25 bits per heavy atom. The molecule has 1 aliphatic rings. The van der Waals surface area contributed by atoms with Crippen LogP contribution in [-0.4, -0.2) is 15.6 Å². The number of fused-ring (bicyclic) bond motifs is 1. The number of nitrogens with zero attached hydrogens (tertiary/aromatic N) is 2. The molecule has 0 aliphatic carbocycles. The van der Waals surface area contributed by atoms with Gasteiger partial charge in [-0.2, -0.15) is 0 Å². The quantitative estimate of drug-likeness (QED) is 0.921. The standard InChI is InChI=1S/C17H23N3/c1-3-20-11-10-18-17(20)9-6-14-5-8-16-15(12-14)7-4-13(2)19-16/h5,8,10-13,19H,3-4,6-7,9H2,1-2H3. The van der Waals surface area contributed by atoms with Crippen LogP contribution in [0, 0.1) is 0 Å². The topological polar surface area (TPSA) is 29.9 Å². The van der Waals surface area contributed by atoms with Crippen molar-refractivity contribution < 1.29 is 0 Å². The fourth-order valence-electron chi connectivity index (χ4n) is 2.97. The molecule has 2 heterocycles. The number of hydrogen-bond donors (Lipinski definition) is 1. The molecule has 0 bridgehead atoms. The number of aromatic nitrogens is 2. The minimum atomic E-state index is 0.602. The van der Waals surface area contributed by atoms with E-state index >= 15 is 0 Å². The van der Waals surface area contributed by atoms with Gasteiger partial charge in [0, 0.05) is 37.1 Å². The smallest absolute Gasteiger partial charge is 0.108 e. The monoisotopic (exact) mass is 269 g/mol. The summed E-state index contributed by atoms with van der Waals surface area (Å²) in [4.78, 5) is 4.45. The Hall–Kier alpha value is -1.77. The van der Waals surface area contributed by atoms with Gasteiger partial charge in [-0.05, 0) is 50.3 Å². The van der Waals surface area contributed by atoms with E-state index in [2.05, 4.69) is 53.1 Å². The van der Waals surface area contributed by atoms with E-state index in [0.29, 0.717) is 6.04 Å². The van der Waals surface area contributed by atoms with Crippen molar-refractivity contribution in [2.24, 2.45) is 0 Å². The lowest BCUT2D eigenvalue weighted by Crippen LogP contribution is -2.21. The molecule has 1 aromatic carbocycles. The number of hydrogen-bond acceptors (Lipinski definition) is 2. The Bertz CT molecular complexity index is 586. The van der Waals surface area contributed by atoms with Crippen LogP contribution in [0.2, 0.25) is 0 Å². The summed E-state index contributed by atoms with van der Waals surface area (Å²) in [7, 11) is 0. The lowest BCUT2D eigenvalue weighted by atomic mass is 9.96. The first-order valence-electron chi connectivity index (χ1n) is 7.64. The van der Waals surface area contributed by atoms with Gasteiger partial charge in [0.15, 0.2) is 0 Å². The van der Waals surface area contributed by atoms with Gasteiger partial charge in [0.1, 0.15) is 5.82 Å². The molecule has 20 heavy (non-hydrogen) atoms. The van der Waals surface area contributed by atoms with Crippen LogP contribution >= 0.6 is 0 Å². The second-order valence-corrected chi connectivity index (χ2v) is 5.71. The molecule has 1 aromatic heterocycles. The van der Waals surface area contributed by atoms with Crippen molar-refractivity contribution in [3.8, 4) is 0 Å². The highest BCUT2D eigenvalue weighted by Crippen LogP contribution is 2.26. The molecule has 0 radical (unpaired) electrons. The van der Waals surface area contributed by atoms with Gasteiger partial charge in [-0.25, -0.2) is 4.98 Å². The minimum absolute atomic E-state index is 0.602. The Balaban J connectivity index is 1.69. The summed E-state index contributed by atoms with van der Waals surface area (Å²) in [5.74, 6) is 1.19. The first-order chi connectivity index (χ1) is 9.76. The van der Waals surface area contributed by atoms with E-state index < -0.39 is 0 Å². The van der Waals surface area contributed by atoms with Crippen molar-refractivity contribution in [1.29, 1.82) is 0 Å². The van der Waals surface area contributed by atoms with E-state index in [0.717, 1.165) is 19.4 Å². The molecular formula is C17H23N3. The average Bonchev–Trinajstić information content (AvgIpc) is 2.92. The molecule has 1 N–H and O–H groups in total. The third-order valence-electron chi connectivity index (χ3n) is 4.20. The van der Waals surface area contributed by atoms with Crippen LogP contribution in [0.1, 0.15) is 37.2 Å². The summed E-state index contributed by atoms with van der Waals surface area (Å²) in [6.45, 7) is 5.42. The summed E-state index contributed by atoms with van der Waals surface area (Å²) in [5.41, 5.74) is 4.22. The third-order valence-corrected chi connectivity index (χ3v) is 4.20. The SMILES string of the molecule is CCn1ccnc1CCc1ccc2c(c1)CCC(C)N2. The zero-order chi connectivity index (χ0) is 13.9. The molecule has 2 aromatic rings. The van der Waals surface area contributed by atoms with Gasteiger partial charge >= 0.3 is 0 Å². The highest BCUT2D eigenvalue weighted by Gasteiger charge is 2.14. The van der Waals surface area contributed by atoms with Gasteiger partial charge in [-0.1, -0.05) is 12.1 Å². The van der Waals surface area contributed by atoms with Crippen molar-refractivity contribution in [1.82, 2.24) is 9.55 Å². The van der Waals surface area contributed by atoms with Crippen LogP contribution in [-0.2, 0) is 25.8 Å². The van der Waals surface area contributed by atoms with Gasteiger partial charge in [-0.3, -0.25) is 0 Å². The molecule has 0 saturated heterocycles. The summed E-state index contributed by atoms with van der Waals surface area (Å²) < 4.78 is 2.22. The van der Waals surface area contributed by atoms with Gasteiger partial charge in [-0.15, -0.1) is 0 Å². The molecule has 3 rings (SSSR count). The Morgan fingerprint density at radius 1 is 1.35 bits per heavy atom. The van der Waals surface area contributed by atoms with Crippen LogP contribution in [0.3, 0.4) is 0 Å². The molecule has 3 heteroatoms. The largest absolute Gasteiger partial charge is 0.382 e. The Kier molecular flexibility index (Phi) is 3.77. The molecule has 0 fully saturated rings. The molecule has 106 valence electrons. The first kappa shape index (κ1) is 13.2. The fourth-order valence-corrected chi connectivity index (χ4v) is 2.97. The molecular weight excluding hydrogens is 246 g/mol. The van der Waals surface area contributed by atoms with Crippen LogP contribution in [0.15, 0.2) is 30.6 Å². The number of anilines is 1. The van der Waals surface area contributed by atoms with Crippen LogP contribution in [0.4, 0.5) is 5.69 Å². The van der Waals surface area contributed by atoms with Gasteiger partial charge in [0.25, 0.3) is 0 Å². The summed E-state index contributed by atoms with van der Waals surface area (Å²) in [5, 5.41) is 3.56. The minimum Gasteiger partial charge on any atom is -0.382 e. The van der Waals surface area contributed by atoms with Crippen LogP contribution in [0.25, 0.3) is 0 Å². The number of aryl methyl sites for hydroxylation is 4. The Morgan fingerprint density at radius 3 is 3.10 bits per heavy atom. The average molecular weight is 269 g/mol. The third kappa shape index (κ3) is 2.72. The van der Waals surface area contributed by atoms with Crippen molar-refractivity contribution in [3.63, 3.8) is 0 Å². The van der Waals surface area contributed by atoms with E-state index in [1.165, 1.54) is 35.5 Å². The lowest BCUT2D eigenvalue weighted by Gasteiger charge is -2.24. The Labute approximate surface area is 121 Å². The van der Waals surface area contributed by atoms with Crippen molar-refractivity contribution in [3.05, 3.63) is 47.5 Å². The van der Waals surface area contributed by atoms with E-state index in [1.807, 2.05) is 6.20 Å². The predicted molar refractivity (Wildman–Crippen MR) is 83.2 cm³/mol. The fraction of sp³-hybridized carbons (Fsp3) is 0.471. The van der Waals surface area contributed by atoms with Gasteiger partial charge in [0.2, 0.25) is 0 Å². The maximum Gasteiger partial charge on any atom is 0.108 e. The lowest BCUT2D eigenvalue weighted by molar-refractivity contribution is 0.677. The van der Waals surface area contributed by atoms with E-state index in [9.17, 15) is 0 Å². The maximum atomic E-state index is 4.45. The van der Waals surface area contributed by atoms with E-state index in [-0.39, 0.29) is 0 Å². The molecule has 1 aliphatic heterocycles. The highest BCUT2D eigenvalue weighted by molar-refractivity contribution is 5.55. The van der Waals surface area contributed by atoms with Gasteiger partial charge < -0.3 is 9.88 Å². The number of rotatable bonds is 4. The molecule has 0 spiro atoms. The second-order valence-electron chi connectivity index (χ2n) is 5.71. The molecule has 0 saturated carbocycles. The first-order valence-corrected chi connectivity index (χ1v) is 7.64. The summed E-state index contributed by atoms with van der Waals surface area (Å²) in [6, 6.07) is 7.47. The van der Waals surface area contributed by atoms with Crippen molar-refractivity contribution >= 4 is 5.69 Å². The molecule has 1 unspecified atom stereocenters. The maximum absolute atomic E-state index is 4.45. The zero-order valence-corrected chi connectivity index (χ0v) is 12.4. The normalized spacial score (nSPS) is 17.6. The number of imidazole rings is 1. The predicted octanol–water partition coefficient (Wildman–Crippen LogP) is 3.43. The number of benzene rings is 1. The summed E-state index contributed by atoms with van der Waals surface area (Å²) >= 11 is 0. The second kappa shape index (κ2) is 5.70. The number of nitrogens with one attached hydrogen (secondary N) is 1. The van der Waals surface area contributed by atoms with Gasteiger partial charge in [0.05, 0.1) is 0 Å². The van der Waals surface area contributed by atoms with Crippen LogP contribution < -0.4 is 5.32 Å². The van der Waals surface area contributed by atoms with E-state index in [1.54, 1.807) is 0 Å². The van der Waals surface area contributed by atoms with E-state index in [4.69, 9.17) is 0 Å².